The Hall–Kier alpha value is -1.28. The van der Waals surface area contributed by atoms with Crippen LogP contribution in [-0.4, -0.2) is 0 Å². The Kier molecular flexibility index (Phi) is 4.34. The molecule has 1 aliphatic carbocycles. The van der Waals surface area contributed by atoms with E-state index >= 15 is 0 Å². The van der Waals surface area contributed by atoms with Crippen LogP contribution in [0.4, 0.5) is 5.69 Å². The van der Waals surface area contributed by atoms with E-state index in [0.717, 1.165) is 0 Å². The SMILES string of the molecule is CC(C)c1ccccc1NC(C)c1cc2c(s1)CCCC2. The summed E-state index contributed by atoms with van der Waals surface area (Å²) in [5, 5.41) is 3.73. The van der Waals surface area contributed by atoms with E-state index in [2.05, 4.69) is 56.4 Å². The molecular weight excluding hydrogens is 274 g/mol. The van der Waals surface area contributed by atoms with Gasteiger partial charge < -0.3 is 5.32 Å². The van der Waals surface area contributed by atoms with Crippen LogP contribution in [0.25, 0.3) is 0 Å². The summed E-state index contributed by atoms with van der Waals surface area (Å²) in [4.78, 5) is 3.11. The van der Waals surface area contributed by atoms with E-state index in [9.17, 15) is 0 Å². The number of hydrogen-bond acceptors (Lipinski definition) is 2. The molecule has 1 N–H and O–H groups in total. The van der Waals surface area contributed by atoms with Gasteiger partial charge in [0.05, 0.1) is 6.04 Å². The maximum absolute atomic E-state index is 3.73. The largest absolute Gasteiger partial charge is 0.377 e. The second-order valence-corrected chi connectivity index (χ2v) is 7.58. The Morgan fingerprint density at radius 2 is 1.81 bits per heavy atom. The van der Waals surface area contributed by atoms with Gasteiger partial charge in [0.1, 0.15) is 0 Å². The molecule has 0 radical (unpaired) electrons. The van der Waals surface area contributed by atoms with Gasteiger partial charge in [0, 0.05) is 15.4 Å². The molecule has 1 nitrogen and oxygen atoms in total. The summed E-state index contributed by atoms with van der Waals surface area (Å²) < 4.78 is 0. The summed E-state index contributed by atoms with van der Waals surface area (Å²) in [5.41, 5.74) is 4.30. The molecule has 1 aromatic carbocycles. The molecule has 0 fully saturated rings. The average molecular weight is 299 g/mol. The van der Waals surface area contributed by atoms with Gasteiger partial charge >= 0.3 is 0 Å². The van der Waals surface area contributed by atoms with Crippen LogP contribution in [0.3, 0.4) is 0 Å². The smallest absolute Gasteiger partial charge is 0.0578 e. The number of aryl methyl sites for hydroxylation is 2. The van der Waals surface area contributed by atoms with Crippen LogP contribution in [0.5, 0.6) is 0 Å². The van der Waals surface area contributed by atoms with Gasteiger partial charge in [-0.2, -0.15) is 0 Å². The second kappa shape index (κ2) is 6.23. The van der Waals surface area contributed by atoms with Gasteiger partial charge in [-0.25, -0.2) is 0 Å². The third-order valence-electron chi connectivity index (χ3n) is 4.40. The highest BCUT2D eigenvalue weighted by Crippen LogP contribution is 2.35. The summed E-state index contributed by atoms with van der Waals surface area (Å²) in [6.07, 6.45) is 5.29. The maximum Gasteiger partial charge on any atom is 0.0578 e. The Balaban J connectivity index is 1.80. The van der Waals surface area contributed by atoms with Gasteiger partial charge in [-0.1, -0.05) is 32.0 Å². The minimum atomic E-state index is 0.389. The zero-order valence-electron chi connectivity index (χ0n) is 13.3. The summed E-state index contributed by atoms with van der Waals surface area (Å²) in [5.74, 6) is 0.553. The number of para-hydroxylation sites is 1. The number of anilines is 1. The molecule has 112 valence electrons. The monoisotopic (exact) mass is 299 g/mol. The second-order valence-electron chi connectivity index (χ2n) is 6.41. The number of hydrogen-bond donors (Lipinski definition) is 1. The molecule has 3 rings (SSSR count). The molecule has 0 saturated heterocycles. The fourth-order valence-electron chi connectivity index (χ4n) is 3.16. The molecule has 0 aliphatic heterocycles. The third-order valence-corrected chi connectivity index (χ3v) is 5.82. The van der Waals surface area contributed by atoms with Crippen LogP contribution in [0, 0.1) is 0 Å². The summed E-state index contributed by atoms with van der Waals surface area (Å²) in [7, 11) is 0. The number of thiophene rings is 1. The van der Waals surface area contributed by atoms with Gasteiger partial charge in [-0.05, 0) is 61.8 Å². The van der Waals surface area contributed by atoms with Crippen molar-refractivity contribution in [1.82, 2.24) is 0 Å². The van der Waals surface area contributed by atoms with Crippen molar-refractivity contribution < 1.29 is 0 Å². The Bertz CT molecular complexity index is 588. The molecule has 1 unspecified atom stereocenters. The molecule has 21 heavy (non-hydrogen) atoms. The van der Waals surface area contributed by atoms with Crippen molar-refractivity contribution in [1.29, 1.82) is 0 Å². The van der Waals surface area contributed by atoms with E-state index in [4.69, 9.17) is 0 Å². The normalized spacial score (nSPS) is 15.8. The molecule has 0 bridgehead atoms. The van der Waals surface area contributed by atoms with Gasteiger partial charge in [0.2, 0.25) is 0 Å². The Morgan fingerprint density at radius 3 is 2.57 bits per heavy atom. The van der Waals surface area contributed by atoms with Crippen molar-refractivity contribution in [2.45, 2.75) is 58.4 Å². The lowest BCUT2D eigenvalue weighted by atomic mass is 9.98. The average Bonchev–Trinajstić information content (AvgIpc) is 2.91. The zero-order valence-corrected chi connectivity index (χ0v) is 14.1. The number of nitrogens with one attached hydrogen (secondary N) is 1. The van der Waals surface area contributed by atoms with Crippen molar-refractivity contribution >= 4 is 17.0 Å². The molecule has 2 aromatic rings. The zero-order chi connectivity index (χ0) is 14.8. The molecule has 1 aliphatic rings. The molecule has 0 amide bonds. The number of fused-ring (bicyclic) bond motifs is 1. The van der Waals surface area contributed by atoms with Crippen LogP contribution in [0.15, 0.2) is 30.3 Å². The highest BCUT2D eigenvalue weighted by molar-refractivity contribution is 7.12. The number of benzene rings is 1. The molecule has 1 atom stereocenters. The van der Waals surface area contributed by atoms with Crippen LogP contribution in [0.2, 0.25) is 0 Å². The topological polar surface area (TPSA) is 12.0 Å². The first kappa shape index (κ1) is 14.6. The van der Waals surface area contributed by atoms with Crippen LogP contribution < -0.4 is 5.32 Å². The third kappa shape index (κ3) is 3.16. The van der Waals surface area contributed by atoms with E-state index in [1.165, 1.54) is 41.8 Å². The summed E-state index contributed by atoms with van der Waals surface area (Å²) in [6, 6.07) is 11.5. The van der Waals surface area contributed by atoms with Crippen molar-refractivity contribution in [3.05, 3.63) is 51.2 Å². The van der Waals surface area contributed by atoms with E-state index in [-0.39, 0.29) is 0 Å². The highest BCUT2D eigenvalue weighted by atomic mass is 32.1. The lowest BCUT2D eigenvalue weighted by Crippen LogP contribution is -2.07. The van der Waals surface area contributed by atoms with Crippen LogP contribution in [-0.2, 0) is 12.8 Å². The van der Waals surface area contributed by atoms with Crippen molar-refractivity contribution in [3.8, 4) is 0 Å². The van der Waals surface area contributed by atoms with E-state index in [1.807, 2.05) is 11.3 Å². The number of rotatable bonds is 4. The van der Waals surface area contributed by atoms with Crippen molar-refractivity contribution in [2.75, 3.05) is 5.32 Å². The predicted molar refractivity (Wildman–Crippen MR) is 93.5 cm³/mol. The first-order chi connectivity index (χ1) is 10.1. The Morgan fingerprint density at radius 1 is 1.05 bits per heavy atom. The maximum atomic E-state index is 3.73. The Labute approximate surface area is 132 Å². The van der Waals surface area contributed by atoms with Crippen LogP contribution in [0.1, 0.15) is 66.5 Å². The molecule has 1 heterocycles. The quantitative estimate of drug-likeness (QED) is 0.738. The molecule has 1 aromatic heterocycles. The lowest BCUT2D eigenvalue weighted by Gasteiger charge is -2.19. The van der Waals surface area contributed by atoms with Gasteiger partial charge in [-0.3, -0.25) is 0 Å². The molecule has 0 saturated carbocycles. The van der Waals surface area contributed by atoms with Gasteiger partial charge in [0.15, 0.2) is 0 Å². The molecule has 0 spiro atoms. The van der Waals surface area contributed by atoms with Crippen molar-refractivity contribution in [2.24, 2.45) is 0 Å². The van der Waals surface area contributed by atoms with E-state index in [1.54, 1.807) is 10.4 Å². The molecular formula is C19H25NS. The van der Waals surface area contributed by atoms with Crippen molar-refractivity contribution in [3.63, 3.8) is 0 Å². The fourth-order valence-corrected chi connectivity index (χ4v) is 4.42. The predicted octanol–water partition coefficient (Wildman–Crippen LogP) is 5.92. The van der Waals surface area contributed by atoms with Crippen LogP contribution >= 0.6 is 11.3 Å². The summed E-state index contributed by atoms with van der Waals surface area (Å²) >= 11 is 2.01. The van der Waals surface area contributed by atoms with E-state index in [0.29, 0.717) is 12.0 Å². The minimum absolute atomic E-state index is 0.389. The fraction of sp³-hybridized carbons (Fsp3) is 0.474. The first-order valence-electron chi connectivity index (χ1n) is 8.12. The first-order valence-corrected chi connectivity index (χ1v) is 8.93. The van der Waals surface area contributed by atoms with E-state index < -0.39 is 0 Å². The summed E-state index contributed by atoms with van der Waals surface area (Å²) in [6.45, 7) is 6.80. The van der Waals surface area contributed by atoms with Gasteiger partial charge in [0.25, 0.3) is 0 Å². The van der Waals surface area contributed by atoms with Gasteiger partial charge in [-0.15, -0.1) is 11.3 Å². The molecule has 2 heteroatoms. The highest BCUT2D eigenvalue weighted by Gasteiger charge is 2.17. The standard InChI is InChI=1S/C19H25NS/c1-13(2)16-9-5-6-10-17(16)20-14(3)19-12-15-8-4-7-11-18(15)21-19/h5-6,9-10,12-14,20H,4,7-8,11H2,1-3H3. The minimum Gasteiger partial charge on any atom is -0.377 e. The lowest BCUT2D eigenvalue weighted by molar-refractivity contribution is 0.696.